The van der Waals surface area contributed by atoms with Crippen LogP contribution in [0, 0.1) is 0 Å². The predicted octanol–water partition coefficient (Wildman–Crippen LogP) is -0.324. The molecule has 0 aliphatic carbocycles. The second-order valence-electron chi connectivity index (χ2n) is 4.61. The van der Waals surface area contributed by atoms with E-state index in [4.69, 9.17) is 5.73 Å². The van der Waals surface area contributed by atoms with Crippen LogP contribution in [0.3, 0.4) is 0 Å². The first-order chi connectivity index (χ1) is 8.13. The van der Waals surface area contributed by atoms with Crippen LogP contribution in [0.15, 0.2) is 12.3 Å². The second-order valence-corrected chi connectivity index (χ2v) is 4.61. The van der Waals surface area contributed by atoms with Crippen molar-refractivity contribution in [3.8, 4) is 0 Å². The minimum absolute atomic E-state index is 0.00611. The third kappa shape index (κ3) is 3.45. The van der Waals surface area contributed by atoms with Crippen molar-refractivity contribution in [3.05, 3.63) is 12.3 Å². The summed E-state index contributed by atoms with van der Waals surface area (Å²) in [5, 5.41) is 7.01. The van der Waals surface area contributed by atoms with Gasteiger partial charge in [0.05, 0.1) is 0 Å². The van der Waals surface area contributed by atoms with Crippen molar-refractivity contribution in [1.82, 2.24) is 20.0 Å². The molecule has 1 unspecified atom stereocenters. The van der Waals surface area contributed by atoms with Crippen molar-refractivity contribution in [3.63, 3.8) is 0 Å². The molecule has 17 heavy (non-hydrogen) atoms. The van der Waals surface area contributed by atoms with Gasteiger partial charge in [-0.15, -0.1) is 0 Å². The maximum absolute atomic E-state index is 11.8. The quantitative estimate of drug-likeness (QED) is 0.755. The van der Waals surface area contributed by atoms with E-state index in [1.807, 2.05) is 0 Å². The van der Waals surface area contributed by atoms with Gasteiger partial charge in [0, 0.05) is 18.8 Å². The molecule has 1 atom stereocenters. The normalized spacial score (nSPS) is 21.4. The number of likely N-dealkylation sites (N-methyl/N-ethyl adjacent to an activating group) is 1. The van der Waals surface area contributed by atoms with Gasteiger partial charge in [0.15, 0.2) is 0 Å². The minimum atomic E-state index is -0.00611. The van der Waals surface area contributed by atoms with E-state index in [9.17, 15) is 4.79 Å². The van der Waals surface area contributed by atoms with E-state index in [-0.39, 0.29) is 18.5 Å². The zero-order valence-corrected chi connectivity index (χ0v) is 10.1. The number of nitrogens with zero attached hydrogens (tertiary/aromatic N) is 3. The van der Waals surface area contributed by atoms with Crippen LogP contribution in [0.5, 0.6) is 0 Å². The second kappa shape index (κ2) is 5.18. The Labute approximate surface area is 101 Å². The van der Waals surface area contributed by atoms with Gasteiger partial charge >= 0.3 is 0 Å². The number of anilines is 1. The number of rotatable bonds is 3. The van der Waals surface area contributed by atoms with Crippen molar-refractivity contribution in [2.24, 2.45) is 0 Å². The molecule has 0 radical (unpaired) electrons. The molecule has 0 aromatic carbocycles. The molecule has 1 amide bonds. The molecule has 94 valence electrons. The SMILES string of the molecule is CN1CCCC(NC(=O)Cn2ccc(N)n2)C1. The summed E-state index contributed by atoms with van der Waals surface area (Å²) in [6, 6.07) is 1.94. The first kappa shape index (κ1) is 11.9. The van der Waals surface area contributed by atoms with E-state index in [1.165, 1.54) is 0 Å². The summed E-state index contributed by atoms with van der Waals surface area (Å²) < 4.78 is 1.55. The van der Waals surface area contributed by atoms with Crippen LogP contribution in [0.2, 0.25) is 0 Å². The summed E-state index contributed by atoms with van der Waals surface area (Å²) >= 11 is 0. The van der Waals surface area contributed by atoms with Gasteiger partial charge in [-0.05, 0) is 32.5 Å². The van der Waals surface area contributed by atoms with Crippen molar-refractivity contribution in [1.29, 1.82) is 0 Å². The van der Waals surface area contributed by atoms with Crippen LogP contribution < -0.4 is 11.1 Å². The molecule has 6 nitrogen and oxygen atoms in total. The molecule has 2 rings (SSSR count). The summed E-state index contributed by atoms with van der Waals surface area (Å²) in [6.45, 7) is 2.27. The van der Waals surface area contributed by atoms with Gasteiger partial charge in [-0.25, -0.2) is 0 Å². The van der Waals surface area contributed by atoms with Gasteiger partial charge in [0.25, 0.3) is 0 Å². The zero-order chi connectivity index (χ0) is 12.3. The van der Waals surface area contributed by atoms with E-state index >= 15 is 0 Å². The molecular weight excluding hydrogens is 218 g/mol. The van der Waals surface area contributed by atoms with Gasteiger partial charge in [0.1, 0.15) is 12.4 Å². The fourth-order valence-corrected chi connectivity index (χ4v) is 2.17. The van der Waals surface area contributed by atoms with Crippen LogP contribution in [0.1, 0.15) is 12.8 Å². The topological polar surface area (TPSA) is 76.2 Å². The van der Waals surface area contributed by atoms with E-state index in [2.05, 4.69) is 22.4 Å². The molecule has 0 saturated carbocycles. The summed E-state index contributed by atoms with van der Waals surface area (Å²) in [7, 11) is 2.08. The lowest BCUT2D eigenvalue weighted by atomic mass is 10.1. The molecule has 2 heterocycles. The number of nitrogens with one attached hydrogen (secondary N) is 1. The number of aromatic nitrogens is 2. The van der Waals surface area contributed by atoms with Crippen LogP contribution >= 0.6 is 0 Å². The Balaban J connectivity index is 1.80. The first-order valence-corrected chi connectivity index (χ1v) is 5.90. The average Bonchev–Trinajstić information content (AvgIpc) is 2.63. The fourth-order valence-electron chi connectivity index (χ4n) is 2.17. The summed E-state index contributed by atoms with van der Waals surface area (Å²) in [4.78, 5) is 14.0. The highest BCUT2D eigenvalue weighted by molar-refractivity contribution is 5.76. The number of piperidine rings is 1. The van der Waals surface area contributed by atoms with Gasteiger partial charge in [-0.1, -0.05) is 0 Å². The Kier molecular flexibility index (Phi) is 3.63. The Morgan fingerprint density at radius 3 is 3.18 bits per heavy atom. The van der Waals surface area contributed by atoms with Crippen LogP contribution in [-0.2, 0) is 11.3 Å². The Morgan fingerprint density at radius 2 is 2.53 bits per heavy atom. The van der Waals surface area contributed by atoms with Crippen LogP contribution in [0.25, 0.3) is 0 Å². The number of amides is 1. The monoisotopic (exact) mass is 237 g/mol. The Morgan fingerprint density at radius 1 is 1.71 bits per heavy atom. The molecule has 1 aliphatic rings. The molecule has 0 bridgehead atoms. The maximum Gasteiger partial charge on any atom is 0.241 e. The standard InChI is InChI=1S/C11H19N5O/c1-15-5-2-3-9(7-15)13-11(17)8-16-6-4-10(12)14-16/h4,6,9H,2-3,5,7-8H2,1H3,(H2,12,14)(H,13,17). The summed E-state index contributed by atoms with van der Waals surface area (Å²) in [6.07, 6.45) is 3.90. The number of nitrogen functional groups attached to an aromatic ring is 1. The Hall–Kier alpha value is -1.56. The smallest absolute Gasteiger partial charge is 0.241 e. The lowest BCUT2D eigenvalue weighted by Gasteiger charge is -2.30. The third-order valence-corrected chi connectivity index (χ3v) is 2.96. The highest BCUT2D eigenvalue weighted by atomic mass is 16.2. The fraction of sp³-hybridized carbons (Fsp3) is 0.636. The van der Waals surface area contributed by atoms with E-state index < -0.39 is 0 Å². The van der Waals surface area contributed by atoms with E-state index in [0.717, 1.165) is 25.9 Å². The van der Waals surface area contributed by atoms with Gasteiger partial charge < -0.3 is 16.0 Å². The molecule has 1 aliphatic heterocycles. The minimum Gasteiger partial charge on any atom is -0.382 e. The molecule has 3 N–H and O–H groups in total. The van der Waals surface area contributed by atoms with Crippen molar-refractivity contribution >= 4 is 11.7 Å². The number of nitrogens with two attached hydrogens (primary N) is 1. The van der Waals surface area contributed by atoms with Gasteiger partial charge in [-0.3, -0.25) is 9.48 Å². The summed E-state index contributed by atoms with van der Waals surface area (Å²) in [5.41, 5.74) is 5.49. The van der Waals surface area contributed by atoms with Crippen LogP contribution in [-0.4, -0.2) is 46.8 Å². The van der Waals surface area contributed by atoms with Crippen LogP contribution in [0.4, 0.5) is 5.82 Å². The molecule has 6 heteroatoms. The van der Waals surface area contributed by atoms with Crippen molar-refractivity contribution in [2.45, 2.75) is 25.4 Å². The van der Waals surface area contributed by atoms with E-state index in [0.29, 0.717) is 5.82 Å². The van der Waals surface area contributed by atoms with E-state index in [1.54, 1.807) is 16.9 Å². The zero-order valence-electron chi connectivity index (χ0n) is 10.1. The molecule has 1 fully saturated rings. The molecule has 1 aromatic heterocycles. The highest BCUT2D eigenvalue weighted by Gasteiger charge is 2.18. The molecule has 1 saturated heterocycles. The first-order valence-electron chi connectivity index (χ1n) is 5.90. The number of likely N-dealkylation sites (tertiary alicyclic amines) is 1. The Bertz CT molecular complexity index is 389. The third-order valence-electron chi connectivity index (χ3n) is 2.96. The van der Waals surface area contributed by atoms with Crippen molar-refractivity contribution in [2.75, 3.05) is 25.9 Å². The molecule has 1 aromatic rings. The summed E-state index contributed by atoms with van der Waals surface area (Å²) in [5.74, 6) is 0.434. The van der Waals surface area contributed by atoms with Crippen molar-refractivity contribution < 1.29 is 4.79 Å². The number of hydrogen-bond donors (Lipinski definition) is 2. The number of carbonyl (C=O) groups is 1. The number of carbonyl (C=O) groups excluding carboxylic acids is 1. The van der Waals surface area contributed by atoms with Gasteiger partial charge in [0.2, 0.25) is 5.91 Å². The molecular formula is C11H19N5O. The molecule has 0 spiro atoms. The number of hydrogen-bond acceptors (Lipinski definition) is 4. The predicted molar refractivity (Wildman–Crippen MR) is 65.3 cm³/mol. The largest absolute Gasteiger partial charge is 0.382 e. The lowest BCUT2D eigenvalue weighted by Crippen LogP contribution is -2.47. The van der Waals surface area contributed by atoms with Gasteiger partial charge in [-0.2, -0.15) is 5.10 Å². The average molecular weight is 237 g/mol. The maximum atomic E-state index is 11.8. The highest BCUT2D eigenvalue weighted by Crippen LogP contribution is 2.07. The lowest BCUT2D eigenvalue weighted by molar-refractivity contribution is -0.122.